The lowest BCUT2D eigenvalue weighted by molar-refractivity contribution is 0.0289. The third-order valence-electron chi connectivity index (χ3n) is 5.94. The van der Waals surface area contributed by atoms with Crippen LogP contribution in [-0.4, -0.2) is 69.1 Å². The highest BCUT2D eigenvalue weighted by atomic mass is 35.5. The van der Waals surface area contributed by atoms with Gasteiger partial charge < -0.3 is 20.1 Å². The van der Waals surface area contributed by atoms with Gasteiger partial charge in [-0.3, -0.25) is 9.58 Å². The maximum Gasteiger partial charge on any atom is 0.257 e. The van der Waals surface area contributed by atoms with Gasteiger partial charge in [0, 0.05) is 31.6 Å². The Morgan fingerprint density at radius 3 is 3.03 bits per heavy atom. The van der Waals surface area contributed by atoms with Gasteiger partial charge in [-0.25, -0.2) is 4.98 Å². The number of nitrogens with one attached hydrogen (secondary N) is 2. The number of hydrogen-bond acceptors (Lipinski definition) is 8. The number of likely N-dealkylation sites (tertiary alicyclic amines) is 1. The van der Waals surface area contributed by atoms with Crippen molar-refractivity contribution in [3.05, 3.63) is 16.9 Å². The molecule has 5 rings (SSSR count). The van der Waals surface area contributed by atoms with E-state index in [9.17, 15) is 0 Å². The van der Waals surface area contributed by atoms with Crippen LogP contribution in [0.25, 0.3) is 0 Å². The van der Waals surface area contributed by atoms with E-state index in [1.165, 1.54) is 0 Å². The molecule has 0 aromatic carbocycles. The molecule has 156 valence electrons. The predicted molar refractivity (Wildman–Crippen MR) is 110 cm³/mol. The zero-order valence-corrected chi connectivity index (χ0v) is 17.4. The van der Waals surface area contributed by atoms with Gasteiger partial charge in [0.25, 0.3) is 5.88 Å². The monoisotopic (exact) mass is 419 g/mol. The van der Waals surface area contributed by atoms with E-state index in [4.69, 9.17) is 26.2 Å². The van der Waals surface area contributed by atoms with Gasteiger partial charge in [0.05, 0.1) is 37.8 Å². The fourth-order valence-corrected chi connectivity index (χ4v) is 4.38. The first-order valence-corrected chi connectivity index (χ1v) is 10.6. The van der Waals surface area contributed by atoms with Crippen molar-refractivity contribution in [2.24, 2.45) is 0 Å². The Bertz CT molecular complexity index is 905. The molecule has 0 spiro atoms. The molecule has 29 heavy (non-hydrogen) atoms. The van der Waals surface area contributed by atoms with Gasteiger partial charge in [0.2, 0.25) is 5.95 Å². The molecule has 2 saturated heterocycles. The summed E-state index contributed by atoms with van der Waals surface area (Å²) >= 11 is 6.25. The van der Waals surface area contributed by atoms with Crippen molar-refractivity contribution >= 4 is 29.1 Å². The summed E-state index contributed by atoms with van der Waals surface area (Å²) in [4.78, 5) is 11.3. The molecule has 2 aromatic rings. The van der Waals surface area contributed by atoms with Crippen molar-refractivity contribution in [2.45, 2.75) is 51.4 Å². The molecule has 4 bridgehead atoms. The van der Waals surface area contributed by atoms with Crippen molar-refractivity contribution in [1.29, 1.82) is 0 Å². The van der Waals surface area contributed by atoms with Crippen LogP contribution < -0.4 is 15.4 Å². The second-order valence-electron chi connectivity index (χ2n) is 8.03. The van der Waals surface area contributed by atoms with Crippen LogP contribution in [0.15, 0.2) is 6.20 Å². The number of rotatable bonds is 3. The quantitative estimate of drug-likeness (QED) is 0.784. The molecule has 2 N–H and O–H groups in total. The van der Waals surface area contributed by atoms with Crippen molar-refractivity contribution in [3.63, 3.8) is 0 Å². The third-order valence-corrected chi connectivity index (χ3v) is 6.22. The molecular formula is C19H26ClN7O2. The number of hydrogen-bond donors (Lipinski definition) is 2. The molecule has 0 amide bonds. The standard InChI is InChI=1S/C19H26ClN7O2/c1-11-3-6-28-18-16(23-19-21-8-15(20)17(22-11)24-19)12(2)27(25-18)5-4-26-9-14-7-13(26)10-29-14/h8,11,13-14H,3-7,9-10H2,1-2H3,(H2,21,22,23,24)/t11?,13-,14-/m0/s1. The van der Waals surface area contributed by atoms with Crippen LogP contribution in [0.5, 0.6) is 5.88 Å². The summed E-state index contributed by atoms with van der Waals surface area (Å²) in [5, 5.41) is 11.8. The number of morpholine rings is 1. The average Bonchev–Trinajstić information content (AvgIpc) is 3.39. The summed E-state index contributed by atoms with van der Waals surface area (Å²) in [6, 6.07) is 0.713. The molecule has 0 aliphatic carbocycles. The molecular weight excluding hydrogens is 394 g/mol. The predicted octanol–water partition coefficient (Wildman–Crippen LogP) is 2.43. The van der Waals surface area contributed by atoms with Crippen LogP contribution in [0.3, 0.4) is 0 Å². The molecule has 5 heterocycles. The molecule has 0 saturated carbocycles. The normalized spacial score (nSPS) is 26.2. The number of halogens is 1. The highest BCUT2D eigenvalue weighted by Crippen LogP contribution is 2.32. The van der Waals surface area contributed by atoms with Gasteiger partial charge in [0.15, 0.2) is 5.82 Å². The zero-order chi connectivity index (χ0) is 20.0. The Hall–Kier alpha value is -2.10. The number of nitrogens with zero attached hydrogens (tertiary/aromatic N) is 5. The SMILES string of the molecule is Cc1c2c(nn1CCN1C[C@@H]3C[C@H]1CO3)OCCC(C)Nc1nc(ncc1Cl)N2. The number of fused-ring (bicyclic) bond motifs is 5. The van der Waals surface area contributed by atoms with E-state index in [1.807, 2.05) is 11.6 Å². The minimum absolute atomic E-state index is 0.160. The molecule has 0 radical (unpaired) electrons. The Morgan fingerprint density at radius 2 is 2.24 bits per heavy atom. The summed E-state index contributed by atoms with van der Waals surface area (Å²) in [5.41, 5.74) is 1.81. The van der Waals surface area contributed by atoms with Gasteiger partial charge in [-0.1, -0.05) is 11.6 Å². The van der Waals surface area contributed by atoms with E-state index in [0.717, 1.165) is 50.5 Å². The van der Waals surface area contributed by atoms with Gasteiger partial charge in [0.1, 0.15) is 10.7 Å². The molecule has 3 aliphatic rings. The van der Waals surface area contributed by atoms with Gasteiger partial charge in [-0.05, 0) is 20.3 Å². The first kappa shape index (κ1) is 18.9. The van der Waals surface area contributed by atoms with Crippen molar-refractivity contribution < 1.29 is 9.47 Å². The molecule has 1 unspecified atom stereocenters. The Kier molecular flexibility index (Phi) is 4.97. The van der Waals surface area contributed by atoms with E-state index in [1.54, 1.807) is 6.20 Å². The molecule has 9 nitrogen and oxygen atoms in total. The second kappa shape index (κ2) is 7.62. The number of ether oxygens (including phenoxy) is 2. The fraction of sp³-hybridized carbons (Fsp3) is 0.632. The minimum atomic E-state index is 0.160. The van der Waals surface area contributed by atoms with Crippen LogP contribution >= 0.6 is 11.6 Å². The third kappa shape index (κ3) is 3.74. The molecule has 2 fully saturated rings. The smallest absolute Gasteiger partial charge is 0.257 e. The maximum atomic E-state index is 6.25. The van der Waals surface area contributed by atoms with E-state index in [0.29, 0.717) is 41.4 Å². The second-order valence-corrected chi connectivity index (χ2v) is 8.43. The number of anilines is 3. The molecule has 10 heteroatoms. The maximum absolute atomic E-state index is 6.25. The minimum Gasteiger partial charge on any atom is -0.475 e. The lowest BCUT2D eigenvalue weighted by Gasteiger charge is -2.26. The molecule has 2 aromatic heterocycles. The largest absolute Gasteiger partial charge is 0.475 e. The van der Waals surface area contributed by atoms with Crippen molar-refractivity contribution in [3.8, 4) is 5.88 Å². The van der Waals surface area contributed by atoms with Gasteiger partial charge >= 0.3 is 0 Å². The summed E-state index contributed by atoms with van der Waals surface area (Å²) in [6.07, 6.45) is 3.97. The highest BCUT2D eigenvalue weighted by molar-refractivity contribution is 6.32. The first-order valence-electron chi connectivity index (χ1n) is 10.2. The first-order chi connectivity index (χ1) is 14.1. The Labute approximate surface area is 174 Å². The van der Waals surface area contributed by atoms with E-state index < -0.39 is 0 Å². The molecule has 3 aliphatic heterocycles. The summed E-state index contributed by atoms with van der Waals surface area (Å²) in [7, 11) is 0. The van der Waals surface area contributed by atoms with Crippen LogP contribution in [0.4, 0.5) is 17.5 Å². The lowest BCUT2D eigenvalue weighted by atomic mass is 10.2. The summed E-state index contributed by atoms with van der Waals surface area (Å²) in [5.74, 6) is 1.67. The van der Waals surface area contributed by atoms with E-state index in [-0.39, 0.29) is 6.04 Å². The van der Waals surface area contributed by atoms with Crippen LogP contribution in [0.1, 0.15) is 25.5 Å². The van der Waals surface area contributed by atoms with Gasteiger partial charge in [-0.15, -0.1) is 5.10 Å². The van der Waals surface area contributed by atoms with E-state index >= 15 is 0 Å². The van der Waals surface area contributed by atoms with Crippen LogP contribution in [-0.2, 0) is 11.3 Å². The zero-order valence-electron chi connectivity index (χ0n) is 16.7. The topological polar surface area (TPSA) is 89.4 Å². The number of aromatic nitrogens is 4. The lowest BCUT2D eigenvalue weighted by Crippen LogP contribution is -2.39. The average molecular weight is 420 g/mol. The highest BCUT2D eigenvalue weighted by Gasteiger charge is 2.38. The fourth-order valence-electron chi connectivity index (χ4n) is 4.24. The van der Waals surface area contributed by atoms with Crippen LogP contribution in [0, 0.1) is 6.92 Å². The Morgan fingerprint density at radius 1 is 1.34 bits per heavy atom. The van der Waals surface area contributed by atoms with Crippen molar-refractivity contribution in [2.75, 3.05) is 36.9 Å². The van der Waals surface area contributed by atoms with Gasteiger partial charge in [-0.2, -0.15) is 4.98 Å². The molecule has 3 atom stereocenters. The van der Waals surface area contributed by atoms with Crippen molar-refractivity contribution in [1.82, 2.24) is 24.6 Å². The summed E-state index contributed by atoms with van der Waals surface area (Å²) in [6.45, 7) is 8.29. The Balaban J connectivity index is 1.38. The van der Waals surface area contributed by atoms with E-state index in [2.05, 4.69) is 32.4 Å². The summed E-state index contributed by atoms with van der Waals surface area (Å²) < 4.78 is 13.7. The van der Waals surface area contributed by atoms with Crippen LogP contribution in [0.2, 0.25) is 5.02 Å².